The number of nitrogens with zero attached hydrogens (tertiary/aromatic N) is 6. The van der Waals surface area contributed by atoms with Crippen LogP contribution in [0, 0.1) is 10.1 Å². The highest BCUT2D eigenvalue weighted by molar-refractivity contribution is 9.10. The van der Waals surface area contributed by atoms with Gasteiger partial charge in [-0.05, 0) is 48.6 Å². The van der Waals surface area contributed by atoms with Gasteiger partial charge in [0.25, 0.3) is 11.6 Å². The number of carbonyl (C=O) groups excluding carboxylic acids is 1. The summed E-state index contributed by atoms with van der Waals surface area (Å²) >= 11 is 3.31. The Bertz CT molecular complexity index is 939. The molecule has 1 aromatic heterocycles. The topological polar surface area (TPSA) is 108 Å². The number of nitro groups is 1. The SMILES string of the molecule is CN(C)CCN(C)c1cc(C(=O)N2CC[C@@H](Nc3ncc(Br)cn3)C2)ccc1[N+](=O)[O-]. The second-order valence-corrected chi connectivity index (χ2v) is 8.71. The summed E-state index contributed by atoms with van der Waals surface area (Å²) in [4.78, 5) is 38.1. The Hall–Kier alpha value is -2.79. The number of likely N-dealkylation sites (N-methyl/N-ethyl adjacent to an activating group) is 2. The monoisotopic (exact) mass is 491 g/mol. The summed E-state index contributed by atoms with van der Waals surface area (Å²) in [5.41, 5.74) is 0.874. The number of likely N-dealkylation sites (tertiary alicyclic amines) is 1. The maximum absolute atomic E-state index is 13.1. The van der Waals surface area contributed by atoms with Crippen molar-refractivity contribution in [1.29, 1.82) is 0 Å². The molecule has 1 saturated heterocycles. The fourth-order valence-corrected chi connectivity index (χ4v) is 3.61. The average Bonchev–Trinajstić information content (AvgIpc) is 3.21. The maximum atomic E-state index is 13.1. The van der Waals surface area contributed by atoms with Gasteiger partial charge in [0.1, 0.15) is 5.69 Å². The van der Waals surface area contributed by atoms with E-state index in [0.717, 1.165) is 17.4 Å². The molecule has 2 aromatic rings. The molecule has 1 N–H and O–H groups in total. The van der Waals surface area contributed by atoms with Gasteiger partial charge in [0.2, 0.25) is 5.95 Å². The number of carbonyl (C=O) groups is 1. The largest absolute Gasteiger partial charge is 0.368 e. The number of benzene rings is 1. The Labute approximate surface area is 189 Å². The van der Waals surface area contributed by atoms with E-state index in [-0.39, 0.29) is 17.6 Å². The number of rotatable bonds is 8. The standard InChI is InChI=1S/C20H26BrN7O3/c1-25(2)8-9-26(3)18-10-14(4-5-17(18)28(30)31)19(29)27-7-6-16(13-27)24-20-22-11-15(21)12-23-20/h4-5,10-12,16H,6-9,13H2,1-3H3,(H,22,23,24)/t16-/m1/s1. The average molecular weight is 492 g/mol. The van der Waals surface area contributed by atoms with Crippen LogP contribution in [-0.2, 0) is 0 Å². The van der Waals surface area contributed by atoms with Crippen molar-refractivity contribution in [3.8, 4) is 0 Å². The molecular formula is C20H26BrN7O3. The molecule has 1 fully saturated rings. The van der Waals surface area contributed by atoms with E-state index in [1.165, 1.54) is 12.1 Å². The summed E-state index contributed by atoms with van der Waals surface area (Å²) in [7, 11) is 5.69. The lowest BCUT2D eigenvalue weighted by Crippen LogP contribution is -2.32. The molecule has 1 aliphatic rings. The second-order valence-electron chi connectivity index (χ2n) is 7.79. The summed E-state index contributed by atoms with van der Waals surface area (Å²) < 4.78 is 0.797. The van der Waals surface area contributed by atoms with Crippen LogP contribution < -0.4 is 10.2 Å². The molecule has 0 bridgehead atoms. The van der Waals surface area contributed by atoms with E-state index in [2.05, 4.69) is 31.2 Å². The van der Waals surface area contributed by atoms with Crippen molar-refractivity contribution in [1.82, 2.24) is 19.8 Å². The highest BCUT2D eigenvalue weighted by Gasteiger charge is 2.29. The van der Waals surface area contributed by atoms with Gasteiger partial charge in [-0.15, -0.1) is 0 Å². The molecule has 1 aliphatic heterocycles. The Kier molecular flexibility index (Phi) is 7.39. The predicted octanol–water partition coefficient (Wildman–Crippen LogP) is 2.47. The van der Waals surface area contributed by atoms with Crippen LogP contribution in [0.4, 0.5) is 17.3 Å². The first-order chi connectivity index (χ1) is 14.7. The summed E-state index contributed by atoms with van der Waals surface area (Å²) in [6, 6.07) is 4.61. The fraction of sp³-hybridized carbons (Fsp3) is 0.450. The molecule has 31 heavy (non-hydrogen) atoms. The van der Waals surface area contributed by atoms with Gasteiger partial charge < -0.3 is 20.0 Å². The van der Waals surface area contributed by atoms with Crippen molar-refractivity contribution in [3.63, 3.8) is 0 Å². The molecule has 0 spiro atoms. The summed E-state index contributed by atoms with van der Waals surface area (Å²) in [6.45, 7) is 2.45. The Morgan fingerprint density at radius 1 is 1.29 bits per heavy atom. The van der Waals surface area contributed by atoms with E-state index < -0.39 is 4.92 Å². The minimum atomic E-state index is -0.413. The number of hydrogen-bond donors (Lipinski definition) is 1. The van der Waals surface area contributed by atoms with Gasteiger partial charge in [-0.3, -0.25) is 14.9 Å². The van der Waals surface area contributed by atoms with Crippen LogP contribution in [0.1, 0.15) is 16.8 Å². The zero-order valence-electron chi connectivity index (χ0n) is 17.8. The van der Waals surface area contributed by atoms with E-state index in [0.29, 0.717) is 36.8 Å². The lowest BCUT2D eigenvalue weighted by Gasteiger charge is -2.23. The van der Waals surface area contributed by atoms with E-state index in [4.69, 9.17) is 0 Å². The minimum absolute atomic E-state index is 0.00819. The number of halogens is 1. The van der Waals surface area contributed by atoms with Gasteiger partial charge in [0.15, 0.2) is 0 Å². The number of anilines is 2. The molecule has 1 amide bonds. The minimum Gasteiger partial charge on any atom is -0.368 e. The van der Waals surface area contributed by atoms with Gasteiger partial charge in [-0.1, -0.05) is 0 Å². The molecule has 3 rings (SSSR count). The highest BCUT2D eigenvalue weighted by atomic mass is 79.9. The zero-order valence-corrected chi connectivity index (χ0v) is 19.4. The molecule has 166 valence electrons. The van der Waals surface area contributed by atoms with Crippen LogP contribution >= 0.6 is 15.9 Å². The van der Waals surface area contributed by atoms with Crippen LogP contribution in [0.15, 0.2) is 35.1 Å². The van der Waals surface area contributed by atoms with Gasteiger partial charge in [-0.25, -0.2) is 9.97 Å². The van der Waals surface area contributed by atoms with Crippen molar-refractivity contribution in [2.45, 2.75) is 12.5 Å². The van der Waals surface area contributed by atoms with Gasteiger partial charge in [0.05, 0.1) is 9.40 Å². The van der Waals surface area contributed by atoms with Crippen LogP contribution in [0.5, 0.6) is 0 Å². The summed E-state index contributed by atoms with van der Waals surface area (Å²) in [5.74, 6) is 0.376. The molecule has 2 heterocycles. The van der Waals surface area contributed by atoms with Crippen LogP contribution in [-0.4, -0.2) is 84.0 Å². The fourth-order valence-electron chi connectivity index (χ4n) is 3.40. The lowest BCUT2D eigenvalue weighted by atomic mass is 10.1. The van der Waals surface area contributed by atoms with E-state index in [9.17, 15) is 14.9 Å². The number of nitrogens with one attached hydrogen (secondary N) is 1. The van der Waals surface area contributed by atoms with Crippen molar-refractivity contribution >= 4 is 39.2 Å². The van der Waals surface area contributed by atoms with Gasteiger partial charge >= 0.3 is 0 Å². The molecule has 0 saturated carbocycles. The third-order valence-electron chi connectivity index (χ3n) is 5.14. The summed E-state index contributed by atoms with van der Waals surface area (Å²) in [6.07, 6.45) is 4.10. The molecule has 1 aromatic carbocycles. The zero-order chi connectivity index (χ0) is 22.5. The lowest BCUT2D eigenvalue weighted by molar-refractivity contribution is -0.384. The summed E-state index contributed by atoms with van der Waals surface area (Å²) in [5, 5.41) is 14.7. The molecule has 0 radical (unpaired) electrons. The molecular weight excluding hydrogens is 466 g/mol. The number of amides is 1. The number of aromatic nitrogens is 2. The number of nitro benzene ring substituents is 1. The van der Waals surface area contributed by atoms with E-state index in [1.54, 1.807) is 30.4 Å². The number of hydrogen-bond acceptors (Lipinski definition) is 8. The quantitative estimate of drug-likeness (QED) is 0.443. The highest BCUT2D eigenvalue weighted by Crippen LogP contribution is 2.29. The van der Waals surface area contributed by atoms with Crippen molar-refractivity contribution < 1.29 is 9.72 Å². The first-order valence-electron chi connectivity index (χ1n) is 9.92. The van der Waals surface area contributed by atoms with E-state index >= 15 is 0 Å². The van der Waals surface area contributed by atoms with Crippen molar-refractivity contribution in [2.75, 3.05) is 57.5 Å². The Morgan fingerprint density at radius 3 is 2.65 bits per heavy atom. The normalized spacial score (nSPS) is 15.9. The van der Waals surface area contributed by atoms with Gasteiger partial charge in [0, 0.05) is 63.3 Å². The molecule has 0 unspecified atom stereocenters. The van der Waals surface area contributed by atoms with Gasteiger partial charge in [-0.2, -0.15) is 0 Å². The van der Waals surface area contributed by atoms with Crippen LogP contribution in [0.2, 0.25) is 0 Å². The maximum Gasteiger partial charge on any atom is 0.292 e. The Morgan fingerprint density at radius 2 is 2.00 bits per heavy atom. The molecule has 0 aliphatic carbocycles. The second kappa shape index (κ2) is 10.0. The Balaban J connectivity index is 1.71. The third-order valence-corrected chi connectivity index (χ3v) is 5.55. The smallest absolute Gasteiger partial charge is 0.292 e. The third kappa shape index (κ3) is 5.88. The molecule has 10 nitrogen and oxygen atoms in total. The van der Waals surface area contributed by atoms with Crippen LogP contribution in [0.25, 0.3) is 0 Å². The van der Waals surface area contributed by atoms with E-state index in [1.807, 2.05) is 23.9 Å². The first-order valence-corrected chi connectivity index (χ1v) is 10.7. The first kappa shape index (κ1) is 22.9. The van der Waals surface area contributed by atoms with Crippen molar-refractivity contribution in [2.24, 2.45) is 0 Å². The predicted molar refractivity (Wildman–Crippen MR) is 123 cm³/mol. The molecule has 11 heteroatoms. The molecule has 1 atom stereocenters. The van der Waals surface area contributed by atoms with Crippen LogP contribution in [0.3, 0.4) is 0 Å². The van der Waals surface area contributed by atoms with Crippen molar-refractivity contribution in [3.05, 3.63) is 50.7 Å².